The molecule has 2 N–H and O–H groups in total. The van der Waals surface area contributed by atoms with Gasteiger partial charge in [-0.15, -0.1) is 0 Å². The smallest absolute Gasteiger partial charge is 0.119 e. The molecule has 0 aliphatic carbocycles. The van der Waals surface area contributed by atoms with Crippen LogP contribution in [0.5, 0.6) is 5.75 Å². The van der Waals surface area contributed by atoms with Gasteiger partial charge in [-0.3, -0.25) is 0 Å². The normalized spacial score (nSPS) is 12.7. The maximum absolute atomic E-state index is 6.19. The average molecular weight is 266 g/mol. The minimum absolute atomic E-state index is 0.0158. The number of nitrogens with two attached hydrogens (primary N) is 1. The van der Waals surface area contributed by atoms with Crippen molar-refractivity contribution in [2.45, 2.75) is 19.4 Å². The van der Waals surface area contributed by atoms with Crippen LogP contribution >= 0.6 is 0 Å². The molecule has 0 bridgehead atoms. The standard InChI is InChI=1S/C15H26N2O2/c1-4-10-19-14-7-5-13(6-8-14)15(16)12-17(2)9-11-18-3/h5-8,15H,4,9-12,16H2,1-3H3. The van der Waals surface area contributed by atoms with Crippen molar-refractivity contribution in [1.29, 1.82) is 0 Å². The molecule has 1 rings (SSSR count). The van der Waals surface area contributed by atoms with Crippen molar-refractivity contribution >= 4 is 0 Å². The highest BCUT2D eigenvalue weighted by atomic mass is 16.5. The van der Waals surface area contributed by atoms with Crippen molar-refractivity contribution in [3.05, 3.63) is 29.8 Å². The second kappa shape index (κ2) is 8.91. The molecule has 0 aromatic heterocycles. The summed E-state index contributed by atoms with van der Waals surface area (Å²) in [6.45, 7) is 5.29. The Balaban J connectivity index is 2.45. The van der Waals surface area contributed by atoms with Crippen LogP contribution in [0.15, 0.2) is 24.3 Å². The third kappa shape index (κ3) is 6.05. The number of rotatable bonds is 9. The lowest BCUT2D eigenvalue weighted by atomic mass is 10.1. The number of nitrogens with zero attached hydrogens (tertiary/aromatic N) is 1. The summed E-state index contributed by atoms with van der Waals surface area (Å²) in [7, 11) is 3.76. The van der Waals surface area contributed by atoms with Gasteiger partial charge in [0.2, 0.25) is 0 Å². The van der Waals surface area contributed by atoms with Crippen molar-refractivity contribution in [2.75, 3.05) is 40.5 Å². The quantitative estimate of drug-likeness (QED) is 0.743. The molecule has 1 atom stereocenters. The van der Waals surface area contributed by atoms with Crippen LogP contribution in [-0.4, -0.2) is 45.4 Å². The molecule has 4 nitrogen and oxygen atoms in total. The Morgan fingerprint density at radius 3 is 2.47 bits per heavy atom. The highest BCUT2D eigenvalue weighted by Crippen LogP contribution is 2.17. The van der Waals surface area contributed by atoms with Crippen LogP contribution in [-0.2, 0) is 4.74 Å². The Morgan fingerprint density at radius 2 is 1.89 bits per heavy atom. The largest absolute Gasteiger partial charge is 0.494 e. The Labute approximate surface area is 116 Å². The molecule has 108 valence electrons. The zero-order valence-electron chi connectivity index (χ0n) is 12.3. The third-order valence-corrected chi connectivity index (χ3v) is 2.97. The van der Waals surface area contributed by atoms with Crippen LogP contribution in [0.4, 0.5) is 0 Å². The predicted molar refractivity (Wildman–Crippen MR) is 78.5 cm³/mol. The van der Waals surface area contributed by atoms with Gasteiger partial charge in [0.15, 0.2) is 0 Å². The first-order chi connectivity index (χ1) is 9.17. The number of hydrogen-bond donors (Lipinski definition) is 1. The highest BCUT2D eigenvalue weighted by Gasteiger charge is 2.09. The van der Waals surface area contributed by atoms with Gasteiger partial charge >= 0.3 is 0 Å². The minimum atomic E-state index is 0.0158. The maximum Gasteiger partial charge on any atom is 0.119 e. The van der Waals surface area contributed by atoms with E-state index < -0.39 is 0 Å². The van der Waals surface area contributed by atoms with E-state index in [0.717, 1.165) is 44.0 Å². The lowest BCUT2D eigenvalue weighted by molar-refractivity contribution is 0.158. The molecule has 19 heavy (non-hydrogen) atoms. The van der Waals surface area contributed by atoms with Crippen molar-refractivity contribution < 1.29 is 9.47 Å². The number of methoxy groups -OCH3 is 1. The van der Waals surface area contributed by atoms with Gasteiger partial charge in [-0.05, 0) is 31.2 Å². The topological polar surface area (TPSA) is 47.7 Å². The van der Waals surface area contributed by atoms with Crippen LogP contribution in [0.3, 0.4) is 0 Å². The molecule has 0 radical (unpaired) electrons. The van der Waals surface area contributed by atoms with Gasteiger partial charge in [0.05, 0.1) is 13.2 Å². The third-order valence-electron chi connectivity index (χ3n) is 2.97. The van der Waals surface area contributed by atoms with Gasteiger partial charge in [0.25, 0.3) is 0 Å². The van der Waals surface area contributed by atoms with Crippen molar-refractivity contribution in [3.63, 3.8) is 0 Å². The summed E-state index contributed by atoms with van der Waals surface area (Å²) in [5.74, 6) is 0.908. The highest BCUT2D eigenvalue weighted by molar-refractivity contribution is 5.29. The molecule has 0 amide bonds. The van der Waals surface area contributed by atoms with Gasteiger partial charge in [-0.25, -0.2) is 0 Å². The summed E-state index contributed by atoms with van der Waals surface area (Å²) in [5, 5.41) is 0. The molecule has 0 spiro atoms. The molecule has 0 aliphatic heterocycles. The first-order valence-corrected chi connectivity index (χ1v) is 6.83. The van der Waals surface area contributed by atoms with Crippen LogP contribution in [0.1, 0.15) is 24.9 Å². The fourth-order valence-electron chi connectivity index (χ4n) is 1.81. The van der Waals surface area contributed by atoms with Gasteiger partial charge in [0, 0.05) is 26.2 Å². The molecule has 0 saturated heterocycles. The predicted octanol–water partition coefficient (Wildman–Crippen LogP) is 2.05. The van der Waals surface area contributed by atoms with Crippen LogP contribution in [0.25, 0.3) is 0 Å². The van der Waals surface area contributed by atoms with E-state index in [-0.39, 0.29) is 6.04 Å². The van der Waals surface area contributed by atoms with Gasteiger partial charge < -0.3 is 20.1 Å². The van der Waals surface area contributed by atoms with Crippen molar-refractivity contribution in [1.82, 2.24) is 4.90 Å². The van der Waals surface area contributed by atoms with Crippen molar-refractivity contribution in [3.8, 4) is 5.75 Å². The zero-order chi connectivity index (χ0) is 14.1. The summed E-state index contributed by atoms with van der Waals surface area (Å²) in [6.07, 6.45) is 1.02. The SMILES string of the molecule is CCCOc1ccc(C(N)CN(C)CCOC)cc1. The van der Waals surface area contributed by atoms with Crippen LogP contribution in [0, 0.1) is 0 Å². The van der Waals surface area contributed by atoms with E-state index in [0.29, 0.717) is 0 Å². The number of hydrogen-bond acceptors (Lipinski definition) is 4. The molecule has 0 fully saturated rings. The molecule has 1 unspecified atom stereocenters. The number of ether oxygens (including phenoxy) is 2. The molecule has 1 aromatic rings. The van der Waals surface area contributed by atoms with E-state index >= 15 is 0 Å². The average Bonchev–Trinajstić information content (AvgIpc) is 2.43. The summed E-state index contributed by atoms with van der Waals surface area (Å²) < 4.78 is 10.6. The molecule has 0 saturated carbocycles. The fourth-order valence-corrected chi connectivity index (χ4v) is 1.81. The van der Waals surface area contributed by atoms with Gasteiger partial charge in [0.1, 0.15) is 5.75 Å². The monoisotopic (exact) mass is 266 g/mol. The Morgan fingerprint density at radius 1 is 1.21 bits per heavy atom. The summed E-state index contributed by atoms with van der Waals surface area (Å²) >= 11 is 0. The first-order valence-electron chi connectivity index (χ1n) is 6.83. The second-order valence-corrected chi connectivity index (χ2v) is 4.78. The maximum atomic E-state index is 6.19. The molecule has 1 aromatic carbocycles. The van der Waals surface area contributed by atoms with Gasteiger partial charge in [-0.2, -0.15) is 0 Å². The minimum Gasteiger partial charge on any atom is -0.494 e. The second-order valence-electron chi connectivity index (χ2n) is 4.78. The lowest BCUT2D eigenvalue weighted by Gasteiger charge is -2.21. The van der Waals surface area contributed by atoms with Crippen LogP contribution in [0.2, 0.25) is 0 Å². The Kier molecular flexibility index (Phi) is 7.48. The van der Waals surface area contributed by atoms with E-state index in [9.17, 15) is 0 Å². The molecule has 0 heterocycles. The first kappa shape index (κ1) is 16.0. The van der Waals surface area contributed by atoms with E-state index in [1.165, 1.54) is 0 Å². The van der Waals surface area contributed by atoms with Crippen LogP contribution < -0.4 is 10.5 Å². The van der Waals surface area contributed by atoms with E-state index in [2.05, 4.69) is 18.9 Å². The van der Waals surface area contributed by atoms with Crippen molar-refractivity contribution in [2.24, 2.45) is 5.73 Å². The van der Waals surface area contributed by atoms with Gasteiger partial charge in [-0.1, -0.05) is 19.1 Å². The lowest BCUT2D eigenvalue weighted by Crippen LogP contribution is -2.31. The van der Waals surface area contributed by atoms with E-state index in [1.807, 2.05) is 24.3 Å². The fraction of sp³-hybridized carbons (Fsp3) is 0.600. The van der Waals surface area contributed by atoms with E-state index in [4.69, 9.17) is 15.2 Å². The van der Waals surface area contributed by atoms with E-state index in [1.54, 1.807) is 7.11 Å². The number of benzene rings is 1. The molecular formula is C15H26N2O2. The molecular weight excluding hydrogens is 240 g/mol. The summed E-state index contributed by atoms with van der Waals surface area (Å²) in [6, 6.07) is 8.07. The zero-order valence-corrected chi connectivity index (χ0v) is 12.3. The summed E-state index contributed by atoms with van der Waals surface area (Å²) in [4.78, 5) is 2.18. The molecule has 0 aliphatic rings. The summed E-state index contributed by atoms with van der Waals surface area (Å²) in [5.41, 5.74) is 7.33. The Hall–Kier alpha value is -1.10. The Bertz CT molecular complexity index is 341. The molecule has 4 heteroatoms. The number of likely N-dealkylation sites (N-methyl/N-ethyl adjacent to an activating group) is 1.